The molecule has 2 aromatic heterocycles. The molecule has 0 amide bonds. The molecule has 0 aliphatic heterocycles. The largest absolute Gasteiger partial charge is 0.469 e. The third-order valence-electron chi connectivity index (χ3n) is 2.57. The van der Waals surface area contributed by atoms with E-state index in [1.165, 1.54) is 7.11 Å². The van der Waals surface area contributed by atoms with Crippen LogP contribution < -0.4 is 5.73 Å². The molecule has 0 aliphatic carbocycles. The van der Waals surface area contributed by atoms with E-state index in [0.29, 0.717) is 12.1 Å². The second kappa shape index (κ2) is 4.40. The number of nitrogens with zero attached hydrogens (tertiary/aromatic N) is 3. The lowest BCUT2D eigenvalue weighted by Crippen LogP contribution is -2.16. The number of nitrogen functional groups attached to an aromatic ring is 1. The average molecular weight is 234 g/mol. The lowest BCUT2D eigenvalue weighted by atomic mass is 10.1. The third-order valence-corrected chi connectivity index (χ3v) is 2.57. The van der Waals surface area contributed by atoms with Crippen molar-refractivity contribution < 1.29 is 9.53 Å². The number of methoxy groups -OCH3 is 1. The zero-order valence-corrected chi connectivity index (χ0v) is 9.75. The summed E-state index contributed by atoms with van der Waals surface area (Å²) in [4.78, 5) is 15.4. The monoisotopic (exact) mass is 234 g/mol. The Morgan fingerprint density at radius 2 is 2.35 bits per heavy atom. The Balaban J connectivity index is 2.32. The number of hydrogen-bond donors (Lipinski definition) is 1. The topological polar surface area (TPSA) is 82.5 Å². The van der Waals surface area contributed by atoms with Gasteiger partial charge in [-0.1, -0.05) is 13.0 Å². The minimum Gasteiger partial charge on any atom is -0.469 e. The molecular weight excluding hydrogens is 220 g/mol. The van der Waals surface area contributed by atoms with Crippen molar-refractivity contribution in [1.29, 1.82) is 0 Å². The number of nitrogens with two attached hydrogens (primary N) is 1. The number of esters is 1. The summed E-state index contributed by atoms with van der Waals surface area (Å²) in [6.07, 6.45) is 0.535. The fraction of sp³-hybridized carbons (Fsp3) is 0.364. The van der Waals surface area contributed by atoms with Gasteiger partial charge in [0.15, 0.2) is 5.65 Å². The van der Waals surface area contributed by atoms with Gasteiger partial charge in [0, 0.05) is 12.1 Å². The van der Waals surface area contributed by atoms with Crippen molar-refractivity contribution >= 4 is 17.6 Å². The highest BCUT2D eigenvalue weighted by Crippen LogP contribution is 2.12. The average Bonchev–Trinajstić information content (AvgIpc) is 2.69. The first-order valence-electron chi connectivity index (χ1n) is 5.30. The molecule has 90 valence electrons. The molecule has 2 aromatic rings. The minimum absolute atomic E-state index is 0.225. The Bertz CT molecular complexity index is 549. The summed E-state index contributed by atoms with van der Waals surface area (Å²) >= 11 is 0. The first-order valence-corrected chi connectivity index (χ1v) is 5.30. The molecule has 17 heavy (non-hydrogen) atoms. The second-order valence-electron chi connectivity index (χ2n) is 3.89. The quantitative estimate of drug-likeness (QED) is 0.789. The van der Waals surface area contributed by atoms with Crippen LogP contribution >= 0.6 is 0 Å². The molecule has 0 radical (unpaired) electrons. The number of rotatable bonds is 3. The molecule has 6 heteroatoms. The molecule has 2 heterocycles. The van der Waals surface area contributed by atoms with Gasteiger partial charge in [-0.3, -0.25) is 4.79 Å². The Morgan fingerprint density at radius 1 is 1.59 bits per heavy atom. The van der Waals surface area contributed by atoms with Crippen molar-refractivity contribution in [2.45, 2.75) is 13.3 Å². The number of carbonyl (C=O) groups excluding carboxylic acids is 1. The third kappa shape index (κ3) is 2.20. The highest BCUT2D eigenvalue weighted by molar-refractivity contribution is 5.72. The predicted molar refractivity (Wildman–Crippen MR) is 62.3 cm³/mol. The van der Waals surface area contributed by atoms with E-state index in [9.17, 15) is 4.79 Å². The smallest absolute Gasteiger partial charge is 0.308 e. The number of pyridine rings is 1. The van der Waals surface area contributed by atoms with Gasteiger partial charge in [-0.25, -0.2) is 4.52 Å². The lowest BCUT2D eigenvalue weighted by Gasteiger charge is -2.09. The van der Waals surface area contributed by atoms with E-state index < -0.39 is 0 Å². The molecule has 2 N–H and O–H groups in total. The summed E-state index contributed by atoms with van der Waals surface area (Å²) in [5.74, 6) is -0.241. The molecule has 0 aromatic carbocycles. The van der Waals surface area contributed by atoms with Crippen LogP contribution in [0.5, 0.6) is 0 Å². The summed E-state index contributed by atoms with van der Waals surface area (Å²) in [7, 11) is 1.38. The van der Waals surface area contributed by atoms with E-state index in [0.717, 1.165) is 5.69 Å². The van der Waals surface area contributed by atoms with E-state index in [-0.39, 0.29) is 17.8 Å². The second-order valence-corrected chi connectivity index (χ2v) is 3.89. The van der Waals surface area contributed by atoms with Crippen molar-refractivity contribution in [3.8, 4) is 0 Å². The maximum Gasteiger partial charge on any atom is 0.308 e. The van der Waals surface area contributed by atoms with Gasteiger partial charge in [-0.15, -0.1) is 5.10 Å². The summed E-state index contributed by atoms with van der Waals surface area (Å²) in [6, 6.07) is 5.57. The van der Waals surface area contributed by atoms with Crippen LogP contribution in [0.15, 0.2) is 18.2 Å². The Morgan fingerprint density at radius 3 is 3.06 bits per heavy atom. The zero-order valence-electron chi connectivity index (χ0n) is 9.75. The molecule has 0 saturated carbocycles. The van der Waals surface area contributed by atoms with Gasteiger partial charge >= 0.3 is 5.97 Å². The fourth-order valence-electron chi connectivity index (χ4n) is 1.73. The summed E-state index contributed by atoms with van der Waals surface area (Å²) < 4.78 is 6.34. The van der Waals surface area contributed by atoms with Crippen LogP contribution in [0, 0.1) is 5.92 Å². The first kappa shape index (κ1) is 11.4. The van der Waals surface area contributed by atoms with Crippen LogP contribution in [-0.2, 0) is 16.0 Å². The Labute approximate surface area is 98.4 Å². The Kier molecular flexibility index (Phi) is 2.95. The van der Waals surface area contributed by atoms with E-state index in [2.05, 4.69) is 10.1 Å². The first-order chi connectivity index (χ1) is 8.11. The molecular formula is C11H14N4O2. The summed E-state index contributed by atoms with van der Waals surface area (Å²) in [6.45, 7) is 1.81. The molecule has 0 fully saturated rings. The Hall–Kier alpha value is -2.11. The molecule has 0 saturated heterocycles. The molecule has 0 bridgehead atoms. The maximum absolute atomic E-state index is 11.4. The van der Waals surface area contributed by atoms with Gasteiger partial charge in [0.1, 0.15) is 0 Å². The van der Waals surface area contributed by atoms with Gasteiger partial charge in [-0.2, -0.15) is 4.98 Å². The minimum atomic E-state index is -0.241. The maximum atomic E-state index is 11.4. The van der Waals surface area contributed by atoms with E-state index >= 15 is 0 Å². The van der Waals surface area contributed by atoms with Crippen LogP contribution in [0.3, 0.4) is 0 Å². The summed E-state index contributed by atoms with van der Waals surface area (Å²) in [5, 5.41) is 4.08. The SMILES string of the molecule is COC(=O)[C@@H](C)Cc1cccc2nc(N)nn12. The normalized spacial score (nSPS) is 12.6. The van der Waals surface area contributed by atoms with Crippen LogP contribution in [0.2, 0.25) is 0 Å². The zero-order chi connectivity index (χ0) is 12.4. The van der Waals surface area contributed by atoms with Crippen molar-refractivity contribution in [2.75, 3.05) is 12.8 Å². The predicted octanol–water partition coefficient (Wildman–Crippen LogP) is 0.663. The number of aromatic nitrogens is 3. The van der Waals surface area contributed by atoms with E-state index in [4.69, 9.17) is 10.5 Å². The van der Waals surface area contributed by atoms with Crippen LogP contribution in [-0.4, -0.2) is 27.7 Å². The van der Waals surface area contributed by atoms with Crippen molar-refractivity contribution in [1.82, 2.24) is 14.6 Å². The lowest BCUT2D eigenvalue weighted by molar-refractivity contribution is -0.144. The summed E-state index contributed by atoms with van der Waals surface area (Å²) in [5.41, 5.74) is 7.10. The van der Waals surface area contributed by atoms with Crippen LogP contribution in [0.4, 0.5) is 5.95 Å². The number of hydrogen-bond acceptors (Lipinski definition) is 5. The van der Waals surface area contributed by atoms with Crippen molar-refractivity contribution in [3.05, 3.63) is 23.9 Å². The number of ether oxygens (including phenoxy) is 1. The number of carbonyl (C=O) groups is 1. The van der Waals surface area contributed by atoms with Gasteiger partial charge in [0.05, 0.1) is 13.0 Å². The fourth-order valence-corrected chi connectivity index (χ4v) is 1.73. The van der Waals surface area contributed by atoms with Crippen molar-refractivity contribution in [2.24, 2.45) is 5.92 Å². The molecule has 0 spiro atoms. The highest BCUT2D eigenvalue weighted by atomic mass is 16.5. The molecule has 0 unspecified atom stereocenters. The van der Waals surface area contributed by atoms with Crippen LogP contribution in [0.1, 0.15) is 12.6 Å². The van der Waals surface area contributed by atoms with Crippen molar-refractivity contribution in [3.63, 3.8) is 0 Å². The molecule has 0 aliphatic rings. The van der Waals surface area contributed by atoms with E-state index in [1.807, 2.05) is 25.1 Å². The molecule has 1 atom stereocenters. The van der Waals surface area contributed by atoms with Gasteiger partial charge in [0.2, 0.25) is 5.95 Å². The van der Waals surface area contributed by atoms with E-state index in [1.54, 1.807) is 4.52 Å². The van der Waals surface area contributed by atoms with Gasteiger partial charge < -0.3 is 10.5 Å². The van der Waals surface area contributed by atoms with Gasteiger partial charge in [-0.05, 0) is 12.1 Å². The van der Waals surface area contributed by atoms with Crippen LogP contribution in [0.25, 0.3) is 5.65 Å². The standard InChI is InChI=1S/C11H14N4O2/c1-7(10(16)17-2)6-8-4-3-5-9-13-11(12)14-15(8)9/h3-5,7H,6H2,1-2H3,(H2,12,14)/t7-/m0/s1. The number of anilines is 1. The number of fused-ring (bicyclic) bond motifs is 1. The van der Waals surface area contributed by atoms with Gasteiger partial charge in [0.25, 0.3) is 0 Å². The molecule has 2 rings (SSSR count). The molecule has 6 nitrogen and oxygen atoms in total. The highest BCUT2D eigenvalue weighted by Gasteiger charge is 2.16.